The molecular weight excluding hydrogens is 105 g/mol. The van der Waals surface area contributed by atoms with Gasteiger partial charge in [0.2, 0.25) is 0 Å². The SMILES string of the molecule is CCC1=CPCN1. The van der Waals surface area contributed by atoms with Gasteiger partial charge in [-0.15, -0.1) is 0 Å². The van der Waals surface area contributed by atoms with Gasteiger partial charge in [-0.25, -0.2) is 0 Å². The summed E-state index contributed by atoms with van der Waals surface area (Å²) in [5, 5.41) is 3.28. The second-order valence-corrected chi connectivity index (χ2v) is 2.63. The molecule has 0 aromatic carbocycles. The summed E-state index contributed by atoms with van der Waals surface area (Å²) in [6.45, 7) is 2.18. The summed E-state index contributed by atoms with van der Waals surface area (Å²) in [6.07, 6.45) is 2.36. The van der Waals surface area contributed by atoms with Crippen LogP contribution in [0.2, 0.25) is 0 Å². The first-order valence-corrected chi connectivity index (χ1v) is 3.88. The predicted octanol–water partition coefficient (Wildman–Crippen LogP) is 1.48. The molecule has 0 spiro atoms. The summed E-state index contributed by atoms with van der Waals surface area (Å²) in [5.74, 6) is 2.29. The Bertz CT molecular complexity index is 88.1. The Kier molecular flexibility index (Phi) is 1.70. The van der Waals surface area contributed by atoms with E-state index in [1.807, 2.05) is 0 Å². The highest BCUT2D eigenvalue weighted by molar-refractivity contribution is 7.42. The Morgan fingerprint density at radius 3 is 3.14 bits per heavy atom. The Balaban J connectivity index is 2.36. The van der Waals surface area contributed by atoms with Gasteiger partial charge in [0.15, 0.2) is 0 Å². The fourth-order valence-corrected chi connectivity index (χ4v) is 1.60. The highest BCUT2D eigenvalue weighted by Gasteiger charge is 1.96. The molecule has 1 N–H and O–H groups in total. The van der Waals surface area contributed by atoms with E-state index in [0.29, 0.717) is 0 Å². The van der Waals surface area contributed by atoms with Crippen molar-refractivity contribution in [1.82, 2.24) is 5.32 Å². The predicted molar refractivity (Wildman–Crippen MR) is 34.7 cm³/mol. The minimum atomic E-state index is 1.02. The fraction of sp³-hybridized carbons (Fsp3) is 0.600. The van der Waals surface area contributed by atoms with Crippen LogP contribution in [0.5, 0.6) is 0 Å². The minimum absolute atomic E-state index is 1.02. The summed E-state index contributed by atoms with van der Waals surface area (Å²) in [6, 6.07) is 0. The molecule has 1 rings (SSSR count). The van der Waals surface area contributed by atoms with E-state index in [2.05, 4.69) is 18.1 Å². The molecular formula is C5H10NP. The van der Waals surface area contributed by atoms with Crippen molar-refractivity contribution in [1.29, 1.82) is 0 Å². The van der Waals surface area contributed by atoms with E-state index >= 15 is 0 Å². The molecule has 2 heteroatoms. The third-order valence-corrected chi connectivity index (χ3v) is 2.01. The van der Waals surface area contributed by atoms with Crippen LogP contribution in [0.4, 0.5) is 0 Å². The van der Waals surface area contributed by atoms with Crippen LogP contribution in [0.25, 0.3) is 0 Å². The zero-order valence-corrected chi connectivity index (χ0v) is 5.49. The standard InChI is InChI=1S/C5H10NP/c1-2-5-3-7-4-6-5/h3,6-7H,2,4H2,1H3. The first-order chi connectivity index (χ1) is 3.43. The van der Waals surface area contributed by atoms with Gasteiger partial charge in [-0.05, 0) is 12.2 Å². The molecule has 1 heterocycles. The summed E-state index contributed by atoms with van der Waals surface area (Å²) >= 11 is 0. The lowest BCUT2D eigenvalue weighted by Gasteiger charge is -1.94. The van der Waals surface area contributed by atoms with Crippen molar-refractivity contribution < 1.29 is 0 Å². The average molecular weight is 115 g/mol. The molecule has 7 heavy (non-hydrogen) atoms. The van der Waals surface area contributed by atoms with Crippen LogP contribution in [0.1, 0.15) is 13.3 Å². The fourth-order valence-electron chi connectivity index (χ4n) is 0.617. The van der Waals surface area contributed by atoms with Gasteiger partial charge >= 0.3 is 0 Å². The van der Waals surface area contributed by atoms with E-state index in [9.17, 15) is 0 Å². The molecule has 0 aromatic heterocycles. The van der Waals surface area contributed by atoms with E-state index in [0.717, 1.165) is 8.58 Å². The highest BCUT2D eigenvalue weighted by Crippen LogP contribution is 2.20. The number of nitrogens with one attached hydrogen (secondary N) is 1. The number of allylic oxidation sites excluding steroid dienone is 1. The van der Waals surface area contributed by atoms with Crippen molar-refractivity contribution in [2.24, 2.45) is 0 Å². The van der Waals surface area contributed by atoms with Gasteiger partial charge in [0.1, 0.15) is 0 Å². The Morgan fingerprint density at radius 2 is 2.86 bits per heavy atom. The summed E-state index contributed by atoms with van der Waals surface area (Å²) in [5.41, 5.74) is 1.43. The molecule has 0 saturated carbocycles. The zero-order chi connectivity index (χ0) is 5.11. The van der Waals surface area contributed by atoms with E-state index in [1.54, 1.807) is 0 Å². The Morgan fingerprint density at radius 1 is 2.00 bits per heavy atom. The molecule has 1 aliphatic rings. The van der Waals surface area contributed by atoms with Crippen LogP contribution in [0.3, 0.4) is 0 Å². The molecule has 0 fully saturated rings. The first-order valence-electron chi connectivity index (χ1n) is 2.60. The van der Waals surface area contributed by atoms with Crippen LogP contribution < -0.4 is 5.32 Å². The minimum Gasteiger partial charge on any atom is -0.384 e. The van der Waals surface area contributed by atoms with Crippen LogP contribution in [0, 0.1) is 0 Å². The van der Waals surface area contributed by atoms with E-state index < -0.39 is 0 Å². The van der Waals surface area contributed by atoms with Crippen LogP contribution >= 0.6 is 8.58 Å². The summed E-state index contributed by atoms with van der Waals surface area (Å²) in [4.78, 5) is 0. The Hall–Kier alpha value is -0.0300. The topological polar surface area (TPSA) is 12.0 Å². The zero-order valence-electron chi connectivity index (χ0n) is 4.49. The summed E-state index contributed by atoms with van der Waals surface area (Å²) in [7, 11) is 1.02. The number of rotatable bonds is 1. The average Bonchev–Trinajstić information content (AvgIpc) is 2.14. The normalized spacial score (nSPS) is 22.1. The molecule has 0 radical (unpaired) electrons. The van der Waals surface area contributed by atoms with Crippen molar-refractivity contribution in [3.8, 4) is 0 Å². The van der Waals surface area contributed by atoms with Crippen molar-refractivity contribution in [2.75, 3.05) is 6.29 Å². The van der Waals surface area contributed by atoms with Crippen LogP contribution in [-0.2, 0) is 0 Å². The van der Waals surface area contributed by atoms with E-state index in [1.165, 1.54) is 18.4 Å². The molecule has 0 aliphatic carbocycles. The molecule has 1 atom stereocenters. The lowest BCUT2D eigenvalue weighted by atomic mass is 10.4. The number of hydrogen-bond donors (Lipinski definition) is 1. The van der Waals surface area contributed by atoms with Gasteiger partial charge in [0, 0.05) is 12.0 Å². The van der Waals surface area contributed by atoms with Crippen molar-refractivity contribution in [3.63, 3.8) is 0 Å². The molecule has 0 bridgehead atoms. The molecule has 0 aromatic rings. The maximum Gasteiger partial charge on any atom is 0.0353 e. The monoisotopic (exact) mass is 115 g/mol. The molecule has 1 unspecified atom stereocenters. The quantitative estimate of drug-likeness (QED) is 0.510. The lowest BCUT2D eigenvalue weighted by molar-refractivity contribution is 0.899. The van der Waals surface area contributed by atoms with Gasteiger partial charge in [0.05, 0.1) is 0 Å². The maximum absolute atomic E-state index is 3.28. The van der Waals surface area contributed by atoms with E-state index in [4.69, 9.17) is 0 Å². The molecule has 40 valence electrons. The lowest BCUT2D eigenvalue weighted by Crippen LogP contribution is -2.03. The van der Waals surface area contributed by atoms with Crippen molar-refractivity contribution in [3.05, 3.63) is 11.5 Å². The van der Waals surface area contributed by atoms with Gasteiger partial charge in [0.25, 0.3) is 0 Å². The maximum atomic E-state index is 3.28. The smallest absolute Gasteiger partial charge is 0.0353 e. The summed E-state index contributed by atoms with van der Waals surface area (Å²) < 4.78 is 0. The van der Waals surface area contributed by atoms with Crippen LogP contribution in [-0.4, -0.2) is 6.29 Å². The van der Waals surface area contributed by atoms with Crippen molar-refractivity contribution in [2.45, 2.75) is 13.3 Å². The second kappa shape index (κ2) is 2.32. The molecule has 0 saturated heterocycles. The third-order valence-electron chi connectivity index (χ3n) is 1.07. The van der Waals surface area contributed by atoms with Crippen molar-refractivity contribution >= 4 is 8.58 Å². The third kappa shape index (κ3) is 1.17. The molecule has 1 aliphatic heterocycles. The number of hydrogen-bond acceptors (Lipinski definition) is 1. The molecule has 0 amide bonds. The second-order valence-electron chi connectivity index (χ2n) is 1.58. The first kappa shape index (κ1) is 5.11. The van der Waals surface area contributed by atoms with Gasteiger partial charge < -0.3 is 5.32 Å². The van der Waals surface area contributed by atoms with E-state index in [-0.39, 0.29) is 0 Å². The Labute approximate surface area is 46.0 Å². The highest BCUT2D eigenvalue weighted by atomic mass is 31.1. The van der Waals surface area contributed by atoms with Gasteiger partial charge in [-0.1, -0.05) is 15.5 Å². The largest absolute Gasteiger partial charge is 0.384 e. The molecule has 1 nitrogen and oxygen atoms in total. The van der Waals surface area contributed by atoms with Gasteiger partial charge in [-0.2, -0.15) is 0 Å². The van der Waals surface area contributed by atoms with Crippen LogP contribution in [0.15, 0.2) is 11.5 Å². The van der Waals surface area contributed by atoms with Gasteiger partial charge in [-0.3, -0.25) is 0 Å².